The fraction of sp³-hybridized carbons (Fsp3) is 0.0952. The van der Waals surface area contributed by atoms with Crippen molar-refractivity contribution < 1.29 is 4.39 Å². The third-order valence-electron chi connectivity index (χ3n) is 4.45. The monoisotopic (exact) mass is 552 g/mol. The van der Waals surface area contributed by atoms with Crippen molar-refractivity contribution >= 4 is 68.0 Å². The molecule has 164 valence electrons. The van der Waals surface area contributed by atoms with Crippen LogP contribution in [0.2, 0.25) is 10.0 Å². The summed E-state index contributed by atoms with van der Waals surface area (Å²) in [5, 5.41) is 16.5. The molecule has 4 aromatic rings. The lowest BCUT2D eigenvalue weighted by atomic mass is 10.2. The molecular formula is C21H16BrCl2FN6S. The largest absolute Gasteiger partial charge is 0.330 e. The number of hydrogen-bond acceptors (Lipinski definition) is 3. The lowest BCUT2D eigenvalue weighted by Gasteiger charge is -2.07. The number of aromatic nitrogens is 4. The molecule has 0 aliphatic carbocycles. The van der Waals surface area contributed by atoms with Crippen molar-refractivity contribution in [2.75, 3.05) is 10.6 Å². The van der Waals surface area contributed by atoms with Gasteiger partial charge in [-0.25, -0.2) is 4.39 Å². The number of hydrogen-bond donors (Lipinski definition) is 2. The van der Waals surface area contributed by atoms with Gasteiger partial charge in [0.2, 0.25) is 0 Å². The Morgan fingerprint density at radius 2 is 1.81 bits per heavy atom. The van der Waals surface area contributed by atoms with E-state index in [0.717, 1.165) is 15.6 Å². The van der Waals surface area contributed by atoms with E-state index < -0.39 is 0 Å². The minimum Gasteiger partial charge on any atom is -0.330 e. The summed E-state index contributed by atoms with van der Waals surface area (Å²) >= 11 is 21.1. The predicted octanol–water partition coefficient (Wildman–Crippen LogP) is 6.19. The highest BCUT2D eigenvalue weighted by Crippen LogP contribution is 2.25. The fourth-order valence-electron chi connectivity index (χ4n) is 2.95. The average molecular weight is 554 g/mol. The van der Waals surface area contributed by atoms with E-state index in [2.05, 4.69) is 36.8 Å². The Morgan fingerprint density at radius 1 is 1.03 bits per heavy atom. The summed E-state index contributed by atoms with van der Waals surface area (Å²) < 4.78 is 17.3. The minimum atomic E-state index is -0.266. The fourth-order valence-corrected chi connectivity index (χ4v) is 4.05. The molecule has 0 spiro atoms. The second-order valence-electron chi connectivity index (χ2n) is 6.89. The summed E-state index contributed by atoms with van der Waals surface area (Å²) in [6.07, 6.45) is 5.30. The smallest absolute Gasteiger partial charge is 0.176 e. The van der Waals surface area contributed by atoms with E-state index in [-0.39, 0.29) is 5.82 Å². The van der Waals surface area contributed by atoms with Crippen molar-refractivity contribution in [1.82, 2.24) is 19.6 Å². The van der Waals surface area contributed by atoms with Crippen molar-refractivity contribution in [3.63, 3.8) is 0 Å². The van der Waals surface area contributed by atoms with Crippen LogP contribution in [-0.4, -0.2) is 24.7 Å². The molecule has 2 N–H and O–H groups in total. The van der Waals surface area contributed by atoms with Crippen LogP contribution in [0.1, 0.15) is 11.1 Å². The first-order valence-corrected chi connectivity index (χ1v) is 11.3. The molecule has 0 bridgehead atoms. The van der Waals surface area contributed by atoms with Crippen LogP contribution in [0.5, 0.6) is 0 Å². The number of thiocarbonyl (C=S) groups is 1. The van der Waals surface area contributed by atoms with Crippen LogP contribution in [0, 0.1) is 5.82 Å². The van der Waals surface area contributed by atoms with Gasteiger partial charge in [-0.2, -0.15) is 10.2 Å². The molecule has 0 atom stereocenters. The second-order valence-corrected chi connectivity index (χ2v) is 9.00. The van der Waals surface area contributed by atoms with Gasteiger partial charge in [0.05, 0.1) is 29.4 Å². The molecule has 32 heavy (non-hydrogen) atoms. The van der Waals surface area contributed by atoms with Crippen molar-refractivity contribution in [2.24, 2.45) is 0 Å². The molecule has 0 radical (unpaired) electrons. The molecule has 2 aromatic heterocycles. The first-order chi connectivity index (χ1) is 15.4. The van der Waals surface area contributed by atoms with Crippen LogP contribution in [0.3, 0.4) is 0 Å². The molecule has 11 heteroatoms. The summed E-state index contributed by atoms with van der Waals surface area (Å²) in [4.78, 5) is 0. The zero-order chi connectivity index (χ0) is 22.7. The van der Waals surface area contributed by atoms with Crippen molar-refractivity contribution in [2.45, 2.75) is 13.1 Å². The van der Waals surface area contributed by atoms with Crippen LogP contribution in [0.4, 0.5) is 15.9 Å². The molecule has 0 aliphatic heterocycles. The second kappa shape index (κ2) is 9.99. The zero-order valence-corrected chi connectivity index (χ0v) is 20.3. The van der Waals surface area contributed by atoms with E-state index in [0.29, 0.717) is 39.8 Å². The molecule has 0 unspecified atom stereocenters. The van der Waals surface area contributed by atoms with E-state index >= 15 is 0 Å². The highest BCUT2D eigenvalue weighted by atomic mass is 79.9. The molecule has 6 nitrogen and oxygen atoms in total. The quantitative estimate of drug-likeness (QED) is 0.279. The molecular weight excluding hydrogens is 538 g/mol. The maximum Gasteiger partial charge on any atom is 0.176 e. The Bertz CT molecular complexity index is 1260. The predicted molar refractivity (Wildman–Crippen MR) is 133 cm³/mol. The van der Waals surface area contributed by atoms with E-state index in [9.17, 15) is 4.39 Å². The summed E-state index contributed by atoms with van der Waals surface area (Å²) in [7, 11) is 0. The number of nitrogens with one attached hydrogen (secondary N) is 2. The molecule has 0 amide bonds. The molecule has 4 rings (SSSR count). The van der Waals surface area contributed by atoms with E-state index in [1.165, 1.54) is 12.1 Å². The van der Waals surface area contributed by atoms with E-state index in [1.54, 1.807) is 39.8 Å². The molecule has 2 aromatic carbocycles. The maximum absolute atomic E-state index is 13.0. The normalized spacial score (nSPS) is 10.9. The lowest BCUT2D eigenvalue weighted by Crippen LogP contribution is -2.19. The zero-order valence-electron chi connectivity index (χ0n) is 16.4. The van der Waals surface area contributed by atoms with Gasteiger partial charge in [-0.15, -0.1) is 0 Å². The summed E-state index contributed by atoms with van der Waals surface area (Å²) in [6, 6.07) is 11.6. The maximum atomic E-state index is 13.0. The molecule has 0 saturated heterocycles. The van der Waals surface area contributed by atoms with Gasteiger partial charge in [-0.05, 0) is 63.5 Å². The summed E-state index contributed by atoms with van der Waals surface area (Å²) in [6.45, 7) is 0.998. The third kappa shape index (κ3) is 5.86. The van der Waals surface area contributed by atoms with Gasteiger partial charge in [0, 0.05) is 22.4 Å². The Hall–Kier alpha value is -2.46. The van der Waals surface area contributed by atoms with Gasteiger partial charge in [-0.1, -0.05) is 41.4 Å². The highest BCUT2D eigenvalue weighted by molar-refractivity contribution is 9.10. The summed E-state index contributed by atoms with van der Waals surface area (Å²) in [5.74, 6) is 0.296. The molecule has 2 heterocycles. The minimum absolute atomic E-state index is 0.266. The van der Waals surface area contributed by atoms with Crippen molar-refractivity contribution in [3.8, 4) is 0 Å². The van der Waals surface area contributed by atoms with Crippen molar-refractivity contribution in [3.05, 3.63) is 92.5 Å². The Morgan fingerprint density at radius 3 is 2.56 bits per heavy atom. The van der Waals surface area contributed by atoms with Crippen LogP contribution >= 0.6 is 51.3 Å². The van der Waals surface area contributed by atoms with Gasteiger partial charge in [0.1, 0.15) is 5.82 Å². The Balaban J connectivity index is 1.36. The van der Waals surface area contributed by atoms with Gasteiger partial charge in [0.25, 0.3) is 0 Å². The standard InChI is InChI=1S/C21H16BrCl2FN6S/c22-18-12-31(10-14-3-4-15(23)7-19(14)24)29-20(18)28-21(32)27-17-8-26-30(11-17)9-13-1-5-16(25)6-2-13/h1-8,11-12H,9-10H2,(H2,27,28,29,32). The number of anilines is 2. The Labute approximate surface area is 207 Å². The average Bonchev–Trinajstić information content (AvgIpc) is 3.31. The number of halogens is 4. The van der Waals surface area contributed by atoms with Gasteiger partial charge >= 0.3 is 0 Å². The van der Waals surface area contributed by atoms with Crippen molar-refractivity contribution in [1.29, 1.82) is 0 Å². The molecule has 0 fully saturated rings. The molecule has 0 aliphatic rings. The van der Waals surface area contributed by atoms with Crippen LogP contribution in [-0.2, 0) is 13.1 Å². The van der Waals surface area contributed by atoms with E-state index in [1.807, 2.05) is 18.5 Å². The SMILES string of the molecule is Fc1ccc(Cn2cc(NC(=S)Nc3nn(Cc4ccc(Cl)cc4Cl)cc3Br)cn2)cc1. The highest BCUT2D eigenvalue weighted by Gasteiger charge is 2.11. The van der Waals surface area contributed by atoms with Crippen LogP contribution < -0.4 is 10.6 Å². The molecule has 0 saturated carbocycles. The van der Waals surface area contributed by atoms with Gasteiger partial charge < -0.3 is 10.6 Å². The lowest BCUT2D eigenvalue weighted by molar-refractivity contribution is 0.624. The number of benzene rings is 2. The van der Waals surface area contributed by atoms with Crippen LogP contribution in [0.15, 0.2) is 65.5 Å². The number of rotatable bonds is 6. The first-order valence-electron chi connectivity index (χ1n) is 9.37. The van der Waals surface area contributed by atoms with Crippen LogP contribution in [0.25, 0.3) is 0 Å². The topological polar surface area (TPSA) is 59.7 Å². The summed E-state index contributed by atoms with van der Waals surface area (Å²) in [5.41, 5.74) is 2.55. The third-order valence-corrected chi connectivity index (χ3v) is 5.82. The van der Waals surface area contributed by atoms with Gasteiger partial charge in [-0.3, -0.25) is 9.36 Å². The Kier molecular flexibility index (Phi) is 7.10. The number of nitrogens with zero attached hydrogens (tertiary/aromatic N) is 4. The van der Waals surface area contributed by atoms with Gasteiger partial charge in [0.15, 0.2) is 10.9 Å². The van der Waals surface area contributed by atoms with E-state index in [4.69, 9.17) is 35.4 Å². The first kappa shape index (κ1) is 22.7.